The monoisotopic (exact) mass is 385 g/mol. The third-order valence-corrected chi connectivity index (χ3v) is 4.59. The molecule has 140 valence electrons. The maximum absolute atomic E-state index is 13.0. The highest BCUT2D eigenvalue weighted by Gasteiger charge is 2.29. The second-order valence-corrected chi connectivity index (χ2v) is 6.77. The minimum atomic E-state index is -0.763. The van der Waals surface area contributed by atoms with Gasteiger partial charge in [0.05, 0.1) is 6.54 Å². The van der Waals surface area contributed by atoms with Gasteiger partial charge >= 0.3 is 0 Å². The van der Waals surface area contributed by atoms with E-state index in [2.05, 4.69) is 10.6 Å². The summed E-state index contributed by atoms with van der Waals surface area (Å²) < 4.78 is 0. The molecule has 0 radical (unpaired) electrons. The number of hydrogen-bond donors (Lipinski definition) is 2. The average Bonchev–Trinajstić information content (AvgIpc) is 2.68. The number of carbonyl (C=O) groups excluding carboxylic acids is 3. The summed E-state index contributed by atoms with van der Waals surface area (Å²) in [7, 11) is 0. The van der Waals surface area contributed by atoms with Gasteiger partial charge in [0.25, 0.3) is 5.91 Å². The van der Waals surface area contributed by atoms with Gasteiger partial charge in [0.15, 0.2) is 0 Å². The lowest BCUT2D eigenvalue weighted by Crippen LogP contribution is -2.56. The topological polar surface area (TPSA) is 78.5 Å². The molecule has 27 heavy (non-hydrogen) atoms. The van der Waals surface area contributed by atoms with Crippen molar-refractivity contribution >= 4 is 29.3 Å². The van der Waals surface area contributed by atoms with Crippen LogP contribution in [0.5, 0.6) is 0 Å². The zero-order chi connectivity index (χ0) is 19.2. The third kappa shape index (κ3) is 5.08. The molecule has 1 atom stereocenters. The van der Waals surface area contributed by atoms with E-state index in [0.717, 1.165) is 5.56 Å². The van der Waals surface area contributed by atoms with Crippen molar-refractivity contribution in [2.24, 2.45) is 0 Å². The van der Waals surface area contributed by atoms with Gasteiger partial charge in [0, 0.05) is 30.1 Å². The summed E-state index contributed by atoms with van der Waals surface area (Å²) in [4.78, 5) is 38.7. The van der Waals surface area contributed by atoms with Crippen molar-refractivity contribution in [3.05, 3.63) is 70.7 Å². The predicted molar refractivity (Wildman–Crippen MR) is 102 cm³/mol. The fourth-order valence-corrected chi connectivity index (χ4v) is 3.07. The van der Waals surface area contributed by atoms with E-state index in [4.69, 9.17) is 11.6 Å². The molecule has 1 heterocycles. The van der Waals surface area contributed by atoms with Crippen molar-refractivity contribution in [1.82, 2.24) is 15.5 Å². The number of rotatable bonds is 5. The van der Waals surface area contributed by atoms with E-state index in [-0.39, 0.29) is 24.3 Å². The van der Waals surface area contributed by atoms with Gasteiger partial charge in [0.1, 0.15) is 6.04 Å². The van der Waals surface area contributed by atoms with Crippen LogP contribution in [-0.2, 0) is 16.0 Å². The lowest BCUT2D eigenvalue weighted by atomic mass is 10.0. The summed E-state index contributed by atoms with van der Waals surface area (Å²) in [5.41, 5.74) is 1.34. The maximum Gasteiger partial charge on any atom is 0.251 e. The SMILES string of the molecule is O=C1CN(C(=O)[C@H](Cc2ccccc2)NC(=O)c2ccc(Cl)cc2)CCN1. The Labute approximate surface area is 162 Å². The normalized spacial score (nSPS) is 15.0. The molecular weight excluding hydrogens is 366 g/mol. The van der Waals surface area contributed by atoms with Crippen molar-refractivity contribution < 1.29 is 14.4 Å². The van der Waals surface area contributed by atoms with Gasteiger partial charge in [0.2, 0.25) is 11.8 Å². The molecular formula is C20H20ClN3O3. The average molecular weight is 386 g/mol. The number of carbonyl (C=O) groups is 3. The Hall–Kier alpha value is -2.86. The van der Waals surface area contributed by atoms with Crippen molar-refractivity contribution in [1.29, 1.82) is 0 Å². The molecule has 2 aromatic carbocycles. The van der Waals surface area contributed by atoms with Crippen molar-refractivity contribution in [3.63, 3.8) is 0 Å². The highest BCUT2D eigenvalue weighted by atomic mass is 35.5. The highest BCUT2D eigenvalue weighted by Crippen LogP contribution is 2.12. The fraction of sp³-hybridized carbons (Fsp3) is 0.250. The molecule has 0 saturated carbocycles. The van der Waals surface area contributed by atoms with Crippen LogP contribution in [0, 0.1) is 0 Å². The number of amides is 3. The van der Waals surface area contributed by atoms with E-state index in [1.165, 1.54) is 4.90 Å². The molecule has 6 nitrogen and oxygen atoms in total. The van der Waals surface area contributed by atoms with Gasteiger partial charge < -0.3 is 15.5 Å². The summed E-state index contributed by atoms with van der Waals surface area (Å²) in [5.74, 6) is -0.824. The molecule has 0 unspecified atom stereocenters. The molecule has 1 aliphatic heterocycles. The number of hydrogen-bond acceptors (Lipinski definition) is 3. The van der Waals surface area contributed by atoms with Crippen molar-refractivity contribution in [2.75, 3.05) is 19.6 Å². The number of halogens is 1. The second kappa shape index (κ2) is 8.68. The van der Waals surface area contributed by atoms with Gasteiger partial charge in [-0.2, -0.15) is 0 Å². The van der Waals surface area contributed by atoms with Gasteiger partial charge in [-0.05, 0) is 29.8 Å². The standard InChI is InChI=1S/C20H20ClN3O3/c21-16-8-6-15(7-9-16)19(26)23-17(12-14-4-2-1-3-5-14)20(27)24-11-10-22-18(25)13-24/h1-9,17H,10-13H2,(H,22,25)(H,23,26)/t17-/m0/s1. The first-order chi connectivity index (χ1) is 13.0. The third-order valence-electron chi connectivity index (χ3n) is 4.34. The summed E-state index contributed by atoms with van der Waals surface area (Å²) in [6.07, 6.45) is 0.344. The predicted octanol–water partition coefficient (Wildman–Crippen LogP) is 1.64. The van der Waals surface area contributed by atoms with E-state index >= 15 is 0 Å². The van der Waals surface area contributed by atoms with Gasteiger partial charge in [-0.1, -0.05) is 41.9 Å². The van der Waals surface area contributed by atoms with Crippen LogP contribution >= 0.6 is 11.6 Å². The molecule has 3 amide bonds. The Morgan fingerprint density at radius 3 is 2.48 bits per heavy atom. The zero-order valence-electron chi connectivity index (χ0n) is 14.7. The van der Waals surface area contributed by atoms with Gasteiger partial charge in [-0.15, -0.1) is 0 Å². The maximum atomic E-state index is 13.0. The summed E-state index contributed by atoms with van der Waals surface area (Å²) in [6.45, 7) is 0.835. The molecule has 0 bridgehead atoms. The first-order valence-electron chi connectivity index (χ1n) is 8.69. The first-order valence-corrected chi connectivity index (χ1v) is 9.06. The molecule has 3 rings (SSSR count). The lowest BCUT2D eigenvalue weighted by molar-refractivity contribution is -0.139. The van der Waals surface area contributed by atoms with Crippen LogP contribution in [0.1, 0.15) is 15.9 Å². The molecule has 2 N–H and O–H groups in total. The van der Waals surface area contributed by atoms with E-state index in [0.29, 0.717) is 30.1 Å². The summed E-state index contributed by atoms with van der Waals surface area (Å²) >= 11 is 5.86. The summed E-state index contributed by atoms with van der Waals surface area (Å²) in [5, 5.41) is 6.03. The Morgan fingerprint density at radius 1 is 1.11 bits per heavy atom. The van der Waals surface area contributed by atoms with Crippen LogP contribution in [0.2, 0.25) is 5.02 Å². The molecule has 7 heteroatoms. The molecule has 0 spiro atoms. The molecule has 0 aliphatic carbocycles. The van der Waals surface area contributed by atoms with Crippen LogP contribution in [0.3, 0.4) is 0 Å². The fourth-order valence-electron chi connectivity index (χ4n) is 2.94. The summed E-state index contributed by atoms with van der Waals surface area (Å²) in [6, 6.07) is 15.2. The quantitative estimate of drug-likeness (QED) is 0.821. The Balaban J connectivity index is 1.78. The van der Waals surface area contributed by atoms with Crippen molar-refractivity contribution in [2.45, 2.75) is 12.5 Å². The lowest BCUT2D eigenvalue weighted by Gasteiger charge is -2.30. The number of nitrogens with one attached hydrogen (secondary N) is 2. The van der Waals surface area contributed by atoms with Gasteiger partial charge in [-0.3, -0.25) is 14.4 Å². The van der Waals surface area contributed by atoms with Crippen molar-refractivity contribution in [3.8, 4) is 0 Å². The number of benzene rings is 2. The van der Waals surface area contributed by atoms with E-state index in [9.17, 15) is 14.4 Å². The van der Waals surface area contributed by atoms with Crippen LogP contribution < -0.4 is 10.6 Å². The Bertz CT molecular complexity index is 824. The van der Waals surface area contributed by atoms with Crippen LogP contribution in [0.4, 0.5) is 0 Å². The van der Waals surface area contributed by atoms with Crippen LogP contribution in [0.25, 0.3) is 0 Å². The van der Waals surface area contributed by atoms with Crippen LogP contribution in [-0.4, -0.2) is 48.3 Å². The number of nitrogens with zero attached hydrogens (tertiary/aromatic N) is 1. The van der Waals surface area contributed by atoms with Crippen LogP contribution in [0.15, 0.2) is 54.6 Å². The molecule has 0 aromatic heterocycles. The minimum Gasteiger partial charge on any atom is -0.353 e. The molecule has 2 aromatic rings. The highest BCUT2D eigenvalue weighted by molar-refractivity contribution is 6.30. The second-order valence-electron chi connectivity index (χ2n) is 6.33. The Morgan fingerprint density at radius 2 is 1.81 bits per heavy atom. The largest absolute Gasteiger partial charge is 0.353 e. The molecule has 1 aliphatic rings. The minimum absolute atomic E-state index is 0.000931. The smallest absolute Gasteiger partial charge is 0.251 e. The van der Waals surface area contributed by atoms with E-state index in [1.54, 1.807) is 24.3 Å². The van der Waals surface area contributed by atoms with Gasteiger partial charge in [-0.25, -0.2) is 0 Å². The first kappa shape index (κ1) is 18.9. The Kier molecular flexibility index (Phi) is 6.08. The zero-order valence-corrected chi connectivity index (χ0v) is 15.4. The van der Waals surface area contributed by atoms with E-state index < -0.39 is 6.04 Å². The number of piperazine rings is 1. The van der Waals surface area contributed by atoms with E-state index in [1.807, 2.05) is 30.3 Å². The molecule has 1 fully saturated rings. The molecule has 1 saturated heterocycles.